The van der Waals surface area contributed by atoms with Crippen molar-refractivity contribution in [1.29, 1.82) is 0 Å². The second kappa shape index (κ2) is 7.78. The number of carbonyl (C=O) groups excluding carboxylic acids is 2. The Hall–Kier alpha value is -2.63. The molecule has 1 aromatic carbocycles. The van der Waals surface area contributed by atoms with Gasteiger partial charge in [0.25, 0.3) is 5.91 Å². The van der Waals surface area contributed by atoms with E-state index in [9.17, 15) is 9.59 Å². The van der Waals surface area contributed by atoms with E-state index in [1.807, 2.05) is 52.7 Å². The molecule has 2 atom stereocenters. The molecule has 0 saturated carbocycles. The van der Waals surface area contributed by atoms with Crippen molar-refractivity contribution in [3.05, 3.63) is 53.3 Å². The zero-order valence-corrected chi connectivity index (χ0v) is 16.7. The molecule has 4 rings (SSSR count). The zero-order chi connectivity index (χ0) is 19.7. The number of aromatic nitrogens is 2. The summed E-state index contributed by atoms with van der Waals surface area (Å²) >= 11 is 0. The molecule has 148 valence electrons. The molecule has 28 heavy (non-hydrogen) atoms. The highest BCUT2D eigenvalue weighted by atomic mass is 16.2. The summed E-state index contributed by atoms with van der Waals surface area (Å²) in [5, 5.41) is 4.41. The van der Waals surface area contributed by atoms with Crippen LogP contribution < -0.4 is 0 Å². The van der Waals surface area contributed by atoms with Crippen molar-refractivity contribution in [3.63, 3.8) is 0 Å². The minimum absolute atomic E-state index is 0.0392. The van der Waals surface area contributed by atoms with Gasteiger partial charge in [-0.05, 0) is 38.2 Å². The van der Waals surface area contributed by atoms with Crippen LogP contribution in [0.15, 0.2) is 36.5 Å². The Kier molecular flexibility index (Phi) is 5.20. The molecule has 2 amide bonds. The molecular formula is C22H28N4O2. The molecule has 0 spiro atoms. The van der Waals surface area contributed by atoms with Gasteiger partial charge >= 0.3 is 0 Å². The van der Waals surface area contributed by atoms with Crippen molar-refractivity contribution in [3.8, 4) is 0 Å². The van der Waals surface area contributed by atoms with Crippen LogP contribution in [-0.4, -0.2) is 50.5 Å². The van der Waals surface area contributed by atoms with Gasteiger partial charge in [-0.3, -0.25) is 14.3 Å². The van der Waals surface area contributed by atoms with Crippen LogP contribution in [0.3, 0.4) is 0 Å². The fraction of sp³-hybridized carbons (Fsp3) is 0.500. The molecule has 1 aromatic heterocycles. The zero-order valence-electron chi connectivity index (χ0n) is 16.7. The van der Waals surface area contributed by atoms with Gasteiger partial charge < -0.3 is 9.80 Å². The standard InChI is InChI=1S/C22H28N4O2/c1-3-25-14-19(16(2)23-25)22(28)24-13-18-10-7-11-21(27)26(20(18)15-24)12-17-8-5-4-6-9-17/h4-6,8-9,14,18,20H,3,7,10-13,15H2,1-2H3. The summed E-state index contributed by atoms with van der Waals surface area (Å²) in [7, 11) is 0. The van der Waals surface area contributed by atoms with Crippen LogP contribution in [0.5, 0.6) is 0 Å². The van der Waals surface area contributed by atoms with E-state index < -0.39 is 0 Å². The molecule has 3 heterocycles. The lowest BCUT2D eigenvalue weighted by molar-refractivity contribution is -0.133. The summed E-state index contributed by atoms with van der Waals surface area (Å²) < 4.78 is 1.81. The highest BCUT2D eigenvalue weighted by molar-refractivity contribution is 5.95. The van der Waals surface area contributed by atoms with Gasteiger partial charge in [-0.15, -0.1) is 0 Å². The Morgan fingerprint density at radius 3 is 2.71 bits per heavy atom. The quantitative estimate of drug-likeness (QED) is 0.820. The van der Waals surface area contributed by atoms with Gasteiger partial charge in [0.05, 0.1) is 17.3 Å². The first-order valence-corrected chi connectivity index (χ1v) is 10.2. The molecule has 2 fully saturated rings. The van der Waals surface area contributed by atoms with Crippen LogP contribution in [0, 0.1) is 12.8 Å². The van der Waals surface area contributed by atoms with Crippen molar-refractivity contribution < 1.29 is 9.59 Å². The molecule has 6 heteroatoms. The normalized spacial score (nSPS) is 22.3. The Bertz CT molecular complexity index is 861. The summed E-state index contributed by atoms with van der Waals surface area (Å²) in [4.78, 5) is 29.9. The first-order chi connectivity index (χ1) is 13.6. The first-order valence-electron chi connectivity index (χ1n) is 10.2. The summed E-state index contributed by atoms with van der Waals surface area (Å²) in [6.07, 6.45) is 4.35. The number of amides is 2. The van der Waals surface area contributed by atoms with Crippen LogP contribution in [0.2, 0.25) is 0 Å². The Labute approximate surface area is 166 Å². The highest BCUT2D eigenvalue weighted by Crippen LogP contribution is 2.32. The minimum Gasteiger partial charge on any atom is -0.336 e. The molecule has 2 aromatic rings. The van der Waals surface area contributed by atoms with E-state index in [4.69, 9.17) is 0 Å². The number of likely N-dealkylation sites (tertiary alicyclic amines) is 2. The number of carbonyl (C=O) groups is 2. The van der Waals surface area contributed by atoms with Crippen molar-refractivity contribution in [1.82, 2.24) is 19.6 Å². The second-order valence-corrected chi connectivity index (χ2v) is 7.92. The molecule has 2 unspecified atom stereocenters. The van der Waals surface area contributed by atoms with Crippen LogP contribution in [-0.2, 0) is 17.9 Å². The molecule has 0 N–H and O–H groups in total. The molecule has 0 aliphatic carbocycles. The Morgan fingerprint density at radius 2 is 2.00 bits per heavy atom. The average Bonchev–Trinajstić information content (AvgIpc) is 3.26. The molecule has 2 saturated heterocycles. The molecule has 2 aliphatic rings. The maximum Gasteiger partial charge on any atom is 0.257 e. The van der Waals surface area contributed by atoms with Gasteiger partial charge in [0.15, 0.2) is 0 Å². The summed E-state index contributed by atoms with van der Waals surface area (Å²) in [6, 6.07) is 10.2. The van der Waals surface area contributed by atoms with E-state index in [-0.39, 0.29) is 17.9 Å². The fourth-order valence-electron chi connectivity index (χ4n) is 4.55. The van der Waals surface area contributed by atoms with Gasteiger partial charge in [0, 0.05) is 38.8 Å². The molecule has 0 radical (unpaired) electrons. The topological polar surface area (TPSA) is 58.4 Å². The van der Waals surface area contributed by atoms with Crippen LogP contribution in [0.4, 0.5) is 0 Å². The summed E-state index contributed by atoms with van der Waals surface area (Å²) in [6.45, 7) is 6.60. The van der Waals surface area contributed by atoms with Crippen molar-refractivity contribution in [2.75, 3.05) is 13.1 Å². The largest absolute Gasteiger partial charge is 0.336 e. The van der Waals surface area contributed by atoms with Crippen LogP contribution in [0.25, 0.3) is 0 Å². The van der Waals surface area contributed by atoms with Gasteiger partial charge in [0.2, 0.25) is 5.91 Å². The third-order valence-electron chi connectivity index (χ3n) is 6.08. The van der Waals surface area contributed by atoms with E-state index >= 15 is 0 Å². The van der Waals surface area contributed by atoms with E-state index in [1.54, 1.807) is 0 Å². The van der Waals surface area contributed by atoms with E-state index in [1.165, 1.54) is 0 Å². The van der Waals surface area contributed by atoms with Crippen molar-refractivity contribution in [2.45, 2.75) is 52.2 Å². The molecule has 0 bridgehead atoms. The van der Waals surface area contributed by atoms with Crippen molar-refractivity contribution in [2.24, 2.45) is 5.92 Å². The maximum atomic E-state index is 13.1. The Morgan fingerprint density at radius 1 is 1.21 bits per heavy atom. The monoisotopic (exact) mass is 380 g/mol. The molecule has 2 aliphatic heterocycles. The van der Waals surface area contributed by atoms with Crippen LogP contribution >= 0.6 is 0 Å². The lowest BCUT2D eigenvalue weighted by Crippen LogP contribution is -2.43. The van der Waals surface area contributed by atoms with E-state index in [0.29, 0.717) is 31.0 Å². The average molecular weight is 380 g/mol. The van der Waals surface area contributed by atoms with Gasteiger partial charge in [-0.25, -0.2) is 0 Å². The van der Waals surface area contributed by atoms with E-state index in [0.717, 1.165) is 37.2 Å². The predicted molar refractivity (Wildman–Crippen MR) is 107 cm³/mol. The summed E-state index contributed by atoms with van der Waals surface area (Å²) in [5.41, 5.74) is 2.59. The predicted octanol–water partition coefficient (Wildman–Crippen LogP) is 2.86. The first kappa shape index (κ1) is 18.7. The third-order valence-corrected chi connectivity index (χ3v) is 6.08. The number of rotatable bonds is 4. The number of benzene rings is 1. The SMILES string of the molecule is CCn1cc(C(=O)N2CC3CCCC(=O)N(Cc4ccccc4)C3C2)c(C)n1. The number of fused-ring (bicyclic) bond motifs is 1. The van der Waals surface area contributed by atoms with E-state index in [2.05, 4.69) is 17.2 Å². The maximum absolute atomic E-state index is 13.1. The van der Waals surface area contributed by atoms with Crippen LogP contribution in [0.1, 0.15) is 47.8 Å². The van der Waals surface area contributed by atoms with Gasteiger partial charge in [0.1, 0.15) is 0 Å². The Balaban J connectivity index is 1.55. The second-order valence-electron chi connectivity index (χ2n) is 7.92. The van der Waals surface area contributed by atoms with Gasteiger partial charge in [-0.1, -0.05) is 30.3 Å². The minimum atomic E-state index is 0.0392. The number of aryl methyl sites for hydroxylation is 2. The molecular weight excluding hydrogens is 352 g/mol. The lowest BCUT2D eigenvalue weighted by Gasteiger charge is -2.30. The number of hydrogen-bond acceptors (Lipinski definition) is 3. The highest BCUT2D eigenvalue weighted by Gasteiger charge is 2.42. The fourth-order valence-corrected chi connectivity index (χ4v) is 4.55. The molecule has 6 nitrogen and oxygen atoms in total. The smallest absolute Gasteiger partial charge is 0.257 e. The van der Waals surface area contributed by atoms with Crippen molar-refractivity contribution >= 4 is 11.8 Å². The number of hydrogen-bond donors (Lipinski definition) is 0. The number of nitrogens with zero attached hydrogens (tertiary/aromatic N) is 4. The summed E-state index contributed by atoms with van der Waals surface area (Å²) in [5.74, 6) is 0.596. The van der Waals surface area contributed by atoms with Gasteiger partial charge in [-0.2, -0.15) is 5.10 Å². The lowest BCUT2D eigenvalue weighted by atomic mass is 9.98. The third kappa shape index (κ3) is 3.55.